The van der Waals surface area contributed by atoms with Crippen LogP contribution in [-0.2, 0) is 0 Å². The molecule has 0 aliphatic rings. The lowest BCUT2D eigenvalue weighted by molar-refractivity contribution is 0.415. The molecule has 0 bridgehead atoms. The molecule has 0 atom stereocenters. The smallest absolute Gasteiger partial charge is 0.139 e. The van der Waals surface area contributed by atoms with E-state index in [1.54, 1.807) is 7.11 Å². The maximum atomic E-state index is 5.20. The number of halogens is 1. The zero-order valence-corrected chi connectivity index (χ0v) is 11.4. The Balaban J connectivity index is 2.17. The number of fused-ring (bicyclic) bond motifs is 1. The van der Waals surface area contributed by atoms with Gasteiger partial charge in [0, 0.05) is 16.1 Å². The fraction of sp³-hybridized carbons (Fsp3) is 0.0714. The summed E-state index contributed by atoms with van der Waals surface area (Å²) in [6, 6.07) is 13.8. The van der Waals surface area contributed by atoms with Gasteiger partial charge in [0.25, 0.3) is 0 Å². The molecule has 3 nitrogen and oxygen atoms in total. The summed E-state index contributed by atoms with van der Waals surface area (Å²) in [6.45, 7) is 0. The van der Waals surface area contributed by atoms with Gasteiger partial charge in [0.05, 0.1) is 18.1 Å². The van der Waals surface area contributed by atoms with Crippen LogP contribution in [0, 0.1) is 0 Å². The van der Waals surface area contributed by atoms with Gasteiger partial charge in [-0.1, -0.05) is 34.1 Å². The SMILES string of the molecule is COc1ccc2nc(-c3ccccc3Br)[nH]c2c1. The standard InChI is InChI=1S/C14H11BrN2O/c1-18-9-6-7-12-13(8-9)17-14(16-12)10-4-2-3-5-11(10)15/h2-8H,1H3,(H,16,17). The normalized spacial score (nSPS) is 10.8. The molecule has 0 saturated carbocycles. The Morgan fingerprint density at radius 2 is 2.00 bits per heavy atom. The summed E-state index contributed by atoms with van der Waals surface area (Å²) in [7, 11) is 1.66. The number of hydrogen-bond acceptors (Lipinski definition) is 2. The van der Waals surface area contributed by atoms with E-state index in [1.807, 2.05) is 42.5 Å². The lowest BCUT2D eigenvalue weighted by atomic mass is 10.2. The predicted molar refractivity (Wildman–Crippen MR) is 75.8 cm³/mol. The topological polar surface area (TPSA) is 37.9 Å². The average molecular weight is 303 g/mol. The van der Waals surface area contributed by atoms with E-state index in [2.05, 4.69) is 25.9 Å². The molecule has 0 unspecified atom stereocenters. The third kappa shape index (κ3) is 1.88. The molecule has 0 spiro atoms. The van der Waals surface area contributed by atoms with Gasteiger partial charge >= 0.3 is 0 Å². The monoisotopic (exact) mass is 302 g/mol. The van der Waals surface area contributed by atoms with E-state index in [9.17, 15) is 0 Å². The average Bonchev–Trinajstić information content (AvgIpc) is 2.81. The summed E-state index contributed by atoms with van der Waals surface area (Å²) in [5.41, 5.74) is 2.95. The van der Waals surface area contributed by atoms with Crippen LogP contribution in [-0.4, -0.2) is 17.1 Å². The van der Waals surface area contributed by atoms with Gasteiger partial charge in [-0.25, -0.2) is 4.98 Å². The summed E-state index contributed by atoms with van der Waals surface area (Å²) < 4.78 is 6.23. The maximum absolute atomic E-state index is 5.20. The minimum absolute atomic E-state index is 0.824. The molecule has 0 saturated heterocycles. The summed E-state index contributed by atoms with van der Waals surface area (Å²) in [6.07, 6.45) is 0. The van der Waals surface area contributed by atoms with Crippen LogP contribution in [0.15, 0.2) is 46.9 Å². The molecule has 1 aromatic heterocycles. The zero-order chi connectivity index (χ0) is 12.5. The van der Waals surface area contributed by atoms with Gasteiger partial charge < -0.3 is 9.72 Å². The number of ether oxygens (including phenoxy) is 1. The fourth-order valence-electron chi connectivity index (χ4n) is 1.90. The first-order valence-corrected chi connectivity index (χ1v) is 6.36. The predicted octanol–water partition coefficient (Wildman–Crippen LogP) is 4.00. The van der Waals surface area contributed by atoms with Crippen molar-refractivity contribution in [3.8, 4) is 17.1 Å². The Morgan fingerprint density at radius 3 is 2.78 bits per heavy atom. The van der Waals surface area contributed by atoms with Crippen LogP contribution in [0.25, 0.3) is 22.4 Å². The van der Waals surface area contributed by atoms with Gasteiger partial charge in [-0.2, -0.15) is 0 Å². The molecule has 0 aliphatic carbocycles. The molecule has 90 valence electrons. The van der Waals surface area contributed by atoms with Crippen molar-refractivity contribution in [3.63, 3.8) is 0 Å². The van der Waals surface area contributed by atoms with Gasteiger partial charge in [-0.3, -0.25) is 0 Å². The molecular weight excluding hydrogens is 292 g/mol. The first kappa shape index (κ1) is 11.3. The second-order valence-corrected chi connectivity index (χ2v) is 4.80. The molecular formula is C14H11BrN2O. The van der Waals surface area contributed by atoms with E-state index in [4.69, 9.17) is 4.74 Å². The molecule has 1 heterocycles. The molecule has 2 aromatic carbocycles. The number of aromatic nitrogens is 2. The molecule has 18 heavy (non-hydrogen) atoms. The van der Waals surface area contributed by atoms with Crippen LogP contribution in [0.4, 0.5) is 0 Å². The van der Waals surface area contributed by atoms with E-state index in [-0.39, 0.29) is 0 Å². The highest BCUT2D eigenvalue weighted by atomic mass is 79.9. The lowest BCUT2D eigenvalue weighted by Gasteiger charge is -1.98. The number of imidazole rings is 1. The minimum atomic E-state index is 0.824. The highest BCUT2D eigenvalue weighted by Crippen LogP contribution is 2.28. The summed E-state index contributed by atoms with van der Waals surface area (Å²) >= 11 is 3.53. The molecule has 0 aliphatic heterocycles. The number of methoxy groups -OCH3 is 1. The third-order valence-electron chi connectivity index (χ3n) is 2.82. The Morgan fingerprint density at radius 1 is 1.17 bits per heavy atom. The van der Waals surface area contributed by atoms with E-state index < -0.39 is 0 Å². The van der Waals surface area contributed by atoms with E-state index >= 15 is 0 Å². The van der Waals surface area contributed by atoms with E-state index in [1.165, 1.54) is 0 Å². The van der Waals surface area contributed by atoms with Crippen molar-refractivity contribution in [2.75, 3.05) is 7.11 Å². The number of rotatable bonds is 2. The van der Waals surface area contributed by atoms with Gasteiger partial charge in [0.2, 0.25) is 0 Å². The number of H-pyrrole nitrogens is 1. The minimum Gasteiger partial charge on any atom is -0.497 e. The van der Waals surface area contributed by atoms with Crippen molar-refractivity contribution in [1.29, 1.82) is 0 Å². The summed E-state index contributed by atoms with van der Waals surface area (Å²) in [5.74, 6) is 1.68. The van der Waals surface area contributed by atoms with Crippen molar-refractivity contribution in [2.45, 2.75) is 0 Å². The van der Waals surface area contributed by atoms with Crippen molar-refractivity contribution in [2.24, 2.45) is 0 Å². The molecule has 4 heteroatoms. The highest BCUT2D eigenvalue weighted by Gasteiger charge is 2.08. The van der Waals surface area contributed by atoms with Crippen LogP contribution in [0.1, 0.15) is 0 Å². The van der Waals surface area contributed by atoms with E-state index in [0.29, 0.717) is 0 Å². The Kier molecular flexibility index (Phi) is 2.80. The van der Waals surface area contributed by atoms with Crippen molar-refractivity contribution in [3.05, 3.63) is 46.9 Å². The van der Waals surface area contributed by atoms with E-state index in [0.717, 1.165) is 32.6 Å². The third-order valence-corrected chi connectivity index (χ3v) is 3.51. The molecule has 0 fully saturated rings. The van der Waals surface area contributed by atoms with Crippen LogP contribution < -0.4 is 4.74 Å². The summed E-state index contributed by atoms with van der Waals surface area (Å²) in [5, 5.41) is 0. The number of nitrogens with one attached hydrogen (secondary N) is 1. The van der Waals surface area contributed by atoms with Gasteiger partial charge in [0.1, 0.15) is 11.6 Å². The Hall–Kier alpha value is -1.81. The lowest BCUT2D eigenvalue weighted by Crippen LogP contribution is -1.81. The second kappa shape index (κ2) is 4.46. The Labute approximate surface area is 113 Å². The number of nitrogens with zero attached hydrogens (tertiary/aromatic N) is 1. The largest absolute Gasteiger partial charge is 0.497 e. The van der Waals surface area contributed by atoms with Crippen LogP contribution in [0.3, 0.4) is 0 Å². The second-order valence-electron chi connectivity index (χ2n) is 3.95. The molecule has 3 aromatic rings. The highest BCUT2D eigenvalue weighted by molar-refractivity contribution is 9.10. The van der Waals surface area contributed by atoms with Gasteiger partial charge in [0.15, 0.2) is 0 Å². The fourth-order valence-corrected chi connectivity index (χ4v) is 2.37. The van der Waals surface area contributed by atoms with Crippen molar-refractivity contribution < 1.29 is 4.74 Å². The summed E-state index contributed by atoms with van der Waals surface area (Å²) in [4.78, 5) is 7.88. The van der Waals surface area contributed by atoms with Crippen LogP contribution in [0.5, 0.6) is 5.75 Å². The number of hydrogen-bond donors (Lipinski definition) is 1. The number of benzene rings is 2. The van der Waals surface area contributed by atoms with Gasteiger partial charge in [-0.05, 0) is 18.2 Å². The zero-order valence-electron chi connectivity index (χ0n) is 9.77. The molecule has 0 amide bonds. The van der Waals surface area contributed by atoms with Crippen LogP contribution >= 0.6 is 15.9 Å². The molecule has 1 N–H and O–H groups in total. The van der Waals surface area contributed by atoms with Gasteiger partial charge in [-0.15, -0.1) is 0 Å². The first-order valence-electron chi connectivity index (χ1n) is 5.56. The van der Waals surface area contributed by atoms with Crippen molar-refractivity contribution >= 4 is 27.0 Å². The quantitative estimate of drug-likeness (QED) is 0.777. The maximum Gasteiger partial charge on any atom is 0.139 e. The van der Waals surface area contributed by atoms with Crippen molar-refractivity contribution in [1.82, 2.24) is 9.97 Å². The first-order chi connectivity index (χ1) is 8.78. The molecule has 0 radical (unpaired) electrons. The Bertz CT molecular complexity index is 706. The van der Waals surface area contributed by atoms with Crippen LogP contribution in [0.2, 0.25) is 0 Å². The molecule has 3 rings (SSSR count). The number of aromatic amines is 1.